The van der Waals surface area contributed by atoms with Crippen molar-refractivity contribution >= 4 is 11.9 Å². The number of amides is 1. The highest BCUT2D eigenvalue weighted by Gasteiger charge is 2.31. The number of hydrogen-bond acceptors (Lipinski definition) is 4. The zero-order chi connectivity index (χ0) is 13.7. The second-order valence-corrected chi connectivity index (χ2v) is 5.11. The summed E-state index contributed by atoms with van der Waals surface area (Å²) >= 11 is 0. The van der Waals surface area contributed by atoms with Crippen LogP contribution in [0.25, 0.3) is 0 Å². The smallest absolute Gasteiger partial charge is 0.308 e. The van der Waals surface area contributed by atoms with E-state index in [4.69, 9.17) is 4.74 Å². The summed E-state index contributed by atoms with van der Waals surface area (Å²) in [6.45, 7) is 3.43. The van der Waals surface area contributed by atoms with Crippen LogP contribution in [0.15, 0.2) is 0 Å². The van der Waals surface area contributed by atoms with Crippen LogP contribution in [0.2, 0.25) is 0 Å². The molecule has 1 fully saturated rings. The molecule has 2 N–H and O–H groups in total. The van der Waals surface area contributed by atoms with Crippen LogP contribution in [0.5, 0.6) is 0 Å². The van der Waals surface area contributed by atoms with E-state index in [0.717, 1.165) is 0 Å². The molecule has 1 aliphatic rings. The molecule has 5 nitrogen and oxygen atoms in total. The number of carbonyl (C=O) groups excluding carboxylic acids is 2. The zero-order valence-electron chi connectivity index (χ0n) is 11.3. The molecule has 0 spiro atoms. The predicted octanol–water partition coefficient (Wildman–Crippen LogP) is 0.851. The monoisotopic (exact) mass is 257 g/mol. The number of carbonyl (C=O) groups is 2. The van der Waals surface area contributed by atoms with Crippen molar-refractivity contribution in [3.8, 4) is 0 Å². The first kappa shape index (κ1) is 15.0. The Bertz CT molecular complexity index is 295. The summed E-state index contributed by atoms with van der Waals surface area (Å²) in [5.41, 5.74) is 0. The fourth-order valence-electron chi connectivity index (χ4n) is 2.22. The lowest BCUT2D eigenvalue weighted by Crippen LogP contribution is -2.43. The van der Waals surface area contributed by atoms with Crippen LogP contribution in [0.3, 0.4) is 0 Å². The van der Waals surface area contributed by atoms with Crippen molar-refractivity contribution in [3.63, 3.8) is 0 Å². The molecule has 2 unspecified atom stereocenters. The minimum Gasteiger partial charge on any atom is -0.469 e. The number of methoxy groups -OCH3 is 1. The number of rotatable bonds is 4. The van der Waals surface area contributed by atoms with Crippen LogP contribution in [-0.4, -0.2) is 36.2 Å². The highest BCUT2D eigenvalue weighted by Crippen LogP contribution is 2.29. The van der Waals surface area contributed by atoms with Crippen LogP contribution in [0.4, 0.5) is 0 Å². The maximum Gasteiger partial charge on any atom is 0.308 e. The molecule has 1 rings (SSSR count). The molecule has 1 amide bonds. The van der Waals surface area contributed by atoms with E-state index in [0.29, 0.717) is 25.7 Å². The second-order valence-electron chi connectivity index (χ2n) is 5.11. The molecule has 1 aliphatic carbocycles. The van der Waals surface area contributed by atoms with Crippen molar-refractivity contribution in [2.45, 2.75) is 51.7 Å². The van der Waals surface area contributed by atoms with Crippen molar-refractivity contribution in [2.24, 2.45) is 11.8 Å². The average molecular weight is 257 g/mol. The average Bonchev–Trinajstić information content (AvgIpc) is 2.37. The van der Waals surface area contributed by atoms with Crippen molar-refractivity contribution in [1.29, 1.82) is 0 Å². The van der Waals surface area contributed by atoms with E-state index in [1.807, 2.05) is 0 Å². The maximum atomic E-state index is 11.9. The third-order valence-corrected chi connectivity index (χ3v) is 3.73. The van der Waals surface area contributed by atoms with Crippen LogP contribution in [0, 0.1) is 11.8 Å². The van der Waals surface area contributed by atoms with Gasteiger partial charge in [-0.25, -0.2) is 0 Å². The van der Waals surface area contributed by atoms with E-state index < -0.39 is 6.10 Å². The van der Waals surface area contributed by atoms with E-state index in [9.17, 15) is 14.7 Å². The molecule has 104 valence electrons. The Balaban J connectivity index is 2.38. The van der Waals surface area contributed by atoms with Crippen molar-refractivity contribution < 1.29 is 19.4 Å². The lowest BCUT2D eigenvalue weighted by atomic mass is 9.81. The molecule has 0 aromatic rings. The molecule has 1 saturated carbocycles. The Morgan fingerprint density at radius 3 is 2.11 bits per heavy atom. The molecule has 0 aromatic carbocycles. The highest BCUT2D eigenvalue weighted by atomic mass is 16.5. The summed E-state index contributed by atoms with van der Waals surface area (Å²) in [6, 6.07) is -0.240. The van der Waals surface area contributed by atoms with Crippen LogP contribution in [-0.2, 0) is 14.3 Å². The molecule has 2 atom stereocenters. The van der Waals surface area contributed by atoms with E-state index in [-0.39, 0.29) is 29.8 Å². The highest BCUT2D eigenvalue weighted by molar-refractivity contribution is 5.79. The van der Waals surface area contributed by atoms with Gasteiger partial charge in [-0.3, -0.25) is 9.59 Å². The molecule has 0 saturated heterocycles. The number of ether oxygens (including phenoxy) is 1. The summed E-state index contributed by atoms with van der Waals surface area (Å²) in [5, 5.41) is 12.1. The molecule has 0 aromatic heterocycles. The number of nitrogens with one attached hydrogen (secondary N) is 1. The van der Waals surface area contributed by atoms with E-state index in [1.165, 1.54) is 7.11 Å². The van der Waals surface area contributed by atoms with Crippen molar-refractivity contribution in [1.82, 2.24) is 5.32 Å². The number of aliphatic hydroxyl groups is 1. The summed E-state index contributed by atoms with van der Waals surface area (Å²) in [7, 11) is 1.39. The van der Waals surface area contributed by atoms with Gasteiger partial charge in [-0.05, 0) is 39.5 Å². The second kappa shape index (κ2) is 6.73. The van der Waals surface area contributed by atoms with Gasteiger partial charge >= 0.3 is 5.97 Å². The standard InChI is InChI=1S/C13H23NO4/c1-8(9(2)15)14-12(16)10-4-6-11(7-5-10)13(17)18-3/h8-11,15H,4-7H2,1-3H3,(H,14,16). The molecule has 0 aliphatic heterocycles. The van der Waals surface area contributed by atoms with E-state index >= 15 is 0 Å². The Kier molecular flexibility index (Phi) is 5.59. The van der Waals surface area contributed by atoms with E-state index in [1.54, 1.807) is 13.8 Å². The van der Waals surface area contributed by atoms with Gasteiger partial charge in [-0.15, -0.1) is 0 Å². The quantitative estimate of drug-likeness (QED) is 0.732. The van der Waals surface area contributed by atoms with Crippen LogP contribution >= 0.6 is 0 Å². The van der Waals surface area contributed by atoms with Crippen LogP contribution in [0.1, 0.15) is 39.5 Å². The molecule has 0 radical (unpaired) electrons. The molecule has 18 heavy (non-hydrogen) atoms. The molecule has 0 heterocycles. The Morgan fingerprint density at radius 2 is 1.67 bits per heavy atom. The summed E-state index contributed by atoms with van der Waals surface area (Å²) in [6.07, 6.45) is 2.26. The lowest BCUT2D eigenvalue weighted by molar-refractivity contribution is -0.147. The Morgan fingerprint density at radius 1 is 1.17 bits per heavy atom. The first-order chi connectivity index (χ1) is 8.45. The zero-order valence-corrected chi connectivity index (χ0v) is 11.3. The summed E-state index contributed by atoms with van der Waals surface area (Å²) in [5.74, 6) is -0.307. The fourth-order valence-corrected chi connectivity index (χ4v) is 2.22. The van der Waals surface area contributed by atoms with Crippen molar-refractivity contribution in [3.05, 3.63) is 0 Å². The summed E-state index contributed by atoms with van der Waals surface area (Å²) < 4.78 is 4.71. The minimum absolute atomic E-state index is 0.0216. The topological polar surface area (TPSA) is 75.6 Å². The van der Waals surface area contributed by atoms with Gasteiger partial charge in [0.2, 0.25) is 5.91 Å². The first-order valence-electron chi connectivity index (χ1n) is 6.52. The number of hydrogen-bond donors (Lipinski definition) is 2. The Labute approximate surface area is 108 Å². The van der Waals surface area contributed by atoms with Crippen molar-refractivity contribution in [2.75, 3.05) is 7.11 Å². The van der Waals surface area contributed by atoms with Gasteiger partial charge in [0.15, 0.2) is 0 Å². The molecular weight excluding hydrogens is 234 g/mol. The third kappa shape index (κ3) is 3.98. The van der Waals surface area contributed by atoms with Gasteiger partial charge in [0.25, 0.3) is 0 Å². The van der Waals surface area contributed by atoms with Gasteiger partial charge in [-0.1, -0.05) is 0 Å². The van der Waals surface area contributed by atoms with Gasteiger partial charge in [0, 0.05) is 5.92 Å². The van der Waals surface area contributed by atoms with Gasteiger partial charge in [0.05, 0.1) is 25.2 Å². The number of aliphatic hydroxyl groups excluding tert-OH is 1. The van der Waals surface area contributed by atoms with Crippen LogP contribution < -0.4 is 5.32 Å². The molecular formula is C13H23NO4. The largest absolute Gasteiger partial charge is 0.469 e. The fraction of sp³-hybridized carbons (Fsp3) is 0.846. The predicted molar refractivity (Wildman–Crippen MR) is 66.7 cm³/mol. The molecule has 0 bridgehead atoms. The third-order valence-electron chi connectivity index (χ3n) is 3.73. The van der Waals surface area contributed by atoms with Gasteiger partial charge in [0.1, 0.15) is 0 Å². The maximum absolute atomic E-state index is 11.9. The SMILES string of the molecule is COC(=O)C1CCC(C(=O)NC(C)C(C)O)CC1. The minimum atomic E-state index is -0.555. The van der Waals surface area contributed by atoms with Gasteiger partial charge in [-0.2, -0.15) is 0 Å². The first-order valence-corrected chi connectivity index (χ1v) is 6.52. The lowest BCUT2D eigenvalue weighted by Gasteiger charge is -2.27. The number of esters is 1. The molecule has 5 heteroatoms. The van der Waals surface area contributed by atoms with Gasteiger partial charge < -0.3 is 15.2 Å². The normalized spacial score (nSPS) is 27.1. The van der Waals surface area contributed by atoms with E-state index in [2.05, 4.69) is 5.32 Å². The Hall–Kier alpha value is -1.10. The summed E-state index contributed by atoms with van der Waals surface area (Å²) in [4.78, 5) is 23.3.